The molecule has 0 saturated carbocycles. The van der Waals surface area contributed by atoms with Crippen molar-refractivity contribution in [3.05, 3.63) is 70.8 Å². The Bertz CT molecular complexity index is 959. The maximum absolute atomic E-state index is 12.8. The molecule has 0 radical (unpaired) electrons. The lowest BCUT2D eigenvalue weighted by molar-refractivity contribution is 0.0643. The number of carbonyl (C=O) groups excluding carboxylic acids is 1. The Balaban J connectivity index is 1.99. The minimum absolute atomic E-state index is 0.0655. The van der Waals surface area contributed by atoms with Crippen LogP contribution in [-0.2, 0) is 28.4 Å². The summed E-state index contributed by atoms with van der Waals surface area (Å²) in [6.07, 6.45) is 1.73. The van der Waals surface area contributed by atoms with E-state index in [1.54, 1.807) is 20.8 Å². The second-order valence-electron chi connectivity index (χ2n) is 9.78. The first-order chi connectivity index (χ1) is 14.3. The molecule has 0 N–H and O–H groups in total. The van der Waals surface area contributed by atoms with Crippen molar-refractivity contribution in [2.45, 2.75) is 83.9 Å². The zero-order valence-corrected chi connectivity index (χ0v) is 20.8. The van der Waals surface area contributed by atoms with E-state index in [2.05, 4.69) is 0 Å². The van der Waals surface area contributed by atoms with E-state index in [9.17, 15) is 13.2 Å². The number of sulfone groups is 1. The Morgan fingerprint density at radius 2 is 1.16 bits per heavy atom. The van der Waals surface area contributed by atoms with Gasteiger partial charge in [0.2, 0.25) is 0 Å². The molecule has 0 bridgehead atoms. The van der Waals surface area contributed by atoms with Gasteiger partial charge in [0.1, 0.15) is 0 Å². The van der Waals surface area contributed by atoms with E-state index < -0.39 is 14.6 Å². The van der Waals surface area contributed by atoms with Gasteiger partial charge in [0.05, 0.1) is 10.5 Å². The van der Waals surface area contributed by atoms with Crippen molar-refractivity contribution >= 4 is 15.7 Å². The van der Waals surface area contributed by atoms with Crippen LogP contribution >= 0.6 is 0 Å². The highest BCUT2D eigenvalue weighted by molar-refractivity contribution is 7.91. The third-order valence-electron chi connectivity index (χ3n) is 5.56. The number of benzene rings is 2. The van der Waals surface area contributed by atoms with Crippen LogP contribution in [0.2, 0.25) is 0 Å². The van der Waals surface area contributed by atoms with E-state index in [1.807, 2.05) is 81.1 Å². The topological polar surface area (TPSA) is 54.5 Å². The number of hydrogen-bond acceptors (Lipinski definition) is 3. The second-order valence-corrected chi connectivity index (χ2v) is 12.5. The van der Waals surface area contributed by atoms with E-state index in [4.69, 9.17) is 0 Å². The van der Waals surface area contributed by atoms with Crippen LogP contribution in [0.4, 0.5) is 0 Å². The van der Waals surface area contributed by atoms with Gasteiger partial charge in [-0.15, -0.1) is 0 Å². The molecule has 0 spiro atoms. The fourth-order valence-electron chi connectivity index (χ4n) is 3.56. The molecule has 0 aromatic heterocycles. The molecule has 5 heteroatoms. The minimum atomic E-state index is -3.18. The van der Waals surface area contributed by atoms with Gasteiger partial charge in [-0.05, 0) is 90.1 Å². The summed E-state index contributed by atoms with van der Waals surface area (Å²) in [6.45, 7) is 13.4. The van der Waals surface area contributed by atoms with Crippen LogP contribution < -0.4 is 0 Å². The molecule has 4 nitrogen and oxygen atoms in total. The third-order valence-corrected chi connectivity index (χ3v) is 8.14. The maximum Gasteiger partial charge on any atom is 0.254 e. The normalized spacial score (nSPS) is 12.4. The minimum Gasteiger partial charge on any atom is -0.334 e. The first kappa shape index (κ1) is 25.1. The summed E-state index contributed by atoms with van der Waals surface area (Å²) in [5.41, 5.74) is 3.89. The van der Waals surface area contributed by atoms with Crippen LogP contribution in [-0.4, -0.2) is 36.1 Å². The zero-order valence-electron chi connectivity index (χ0n) is 20.0. The highest BCUT2D eigenvalue weighted by atomic mass is 32.2. The zero-order chi connectivity index (χ0) is 23.4. The molecule has 0 heterocycles. The number of nitrogens with zero attached hydrogens (tertiary/aromatic N) is 1. The molecule has 0 atom stereocenters. The van der Waals surface area contributed by atoms with Crippen LogP contribution in [0.3, 0.4) is 0 Å². The predicted molar refractivity (Wildman–Crippen MR) is 129 cm³/mol. The molecule has 0 aliphatic rings. The Labute approximate surface area is 188 Å². The number of rotatable bonds is 8. The molecule has 1 amide bonds. The first-order valence-corrected chi connectivity index (χ1v) is 12.7. The predicted octanol–water partition coefficient (Wildman–Crippen LogP) is 5.44. The number of amides is 1. The molecule has 0 aliphatic carbocycles. The van der Waals surface area contributed by atoms with Crippen molar-refractivity contribution in [2.24, 2.45) is 0 Å². The molecular formula is C26H37NO3S. The number of hydrogen-bond donors (Lipinski definition) is 0. The van der Waals surface area contributed by atoms with Gasteiger partial charge in [0.15, 0.2) is 9.84 Å². The van der Waals surface area contributed by atoms with Crippen molar-refractivity contribution < 1.29 is 13.2 Å². The van der Waals surface area contributed by atoms with E-state index in [0.717, 1.165) is 24.0 Å². The van der Waals surface area contributed by atoms with Gasteiger partial charge in [0.25, 0.3) is 5.91 Å². The summed E-state index contributed by atoms with van der Waals surface area (Å²) in [6, 6.07) is 16.0. The van der Waals surface area contributed by atoms with E-state index in [0.29, 0.717) is 0 Å². The smallest absolute Gasteiger partial charge is 0.254 e. The van der Waals surface area contributed by atoms with Crippen molar-refractivity contribution in [1.29, 1.82) is 0 Å². The van der Waals surface area contributed by atoms with E-state index >= 15 is 0 Å². The molecule has 0 saturated heterocycles. The van der Waals surface area contributed by atoms with Gasteiger partial charge < -0.3 is 4.90 Å². The molecule has 0 fully saturated rings. The summed E-state index contributed by atoms with van der Waals surface area (Å²) < 4.78 is 24.0. The van der Waals surface area contributed by atoms with E-state index in [1.165, 1.54) is 11.1 Å². The monoisotopic (exact) mass is 443 g/mol. The second kappa shape index (κ2) is 9.99. The van der Waals surface area contributed by atoms with Crippen LogP contribution in [0, 0.1) is 0 Å². The van der Waals surface area contributed by atoms with Crippen molar-refractivity contribution in [3.63, 3.8) is 0 Å². The molecule has 0 unspecified atom stereocenters. The summed E-state index contributed by atoms with van der Waals surface area (Å²) in [5.74, 6) is 0.133. The largest absolute Gasteiger partial charge is 0.334 e. The third kappa shape index (κ3) is 6.67. The van der Waals surface area contributed by atoms with Gasteiger partial charge in [-0.25, -0.2) is 8.42 Å². The maximum atomic E-state index is 12.8. The number of carbonyl (C=O) groups is 1. The molecule has 2 aromatic carbocycles. The lowest BCUT2D eigenvalue weighted by atomic mass is 10.0. The highest BCUT2D eigenvalue weighted by Crippen LogP contribution is 2.21. The fraction of sp³-hybridized carbons (Fsp3) is 0.500. The van der Waals surface area contributed by atoms with Gasteiger partial charge in [-0.1, -0.05) is 36.4 Å². The Morgan fingerprint density at radius 3 is 1.55 bits per heavy atom. The quantitative estimate of drug-likeness (QED) is 0.545. The molecule has 2 rings (SSSR count). The highest BCUT2D eigenvalue weighted by Gasteiger charge is 2.28. The SMILES string of the molecule is CC(C)N(C(=O)c1ccc(CCc2ccc(CS(=O)(=O)C(C)(C)C)cc2)cc1)C(C)C. The lowest BCUT2D eigenvalue weighted by Crippen LogP contribution is -2.42. The Hall–Kier alpha value is -2.14. The summed E-state index contributed by atoms with van der Waals surface area (Å²) in [5, 5.41) is 0. The van der Waals surface area contributed by atoms with Gasteiger partial charge in [-0.2, -0.15) is 0 Å². The van der Waals surface area contributed by atoms with Crippen LogP contribution in [0.1, 0.15) is 75.5 Å². The van der Waals surface area contributed by atoms with Gasteiger partial charge in [-0.3, -0.25) is 4.79 Å². The molecule has 2 aromatic rings. The lowest BCUT2D eigenvalue weighted by Gasteiger charge is -2.30. The molecular weight excluding hydrogens is 406 g/mol. The molecule has 170 valence electrons. The number of aryl methyl sites for hydroxylation is 2. The average molecular weight is 444 g/mol. The van der Waals surface area contributed by atoms with Crippen molar-refractivity contribution in [1.82, 2.24) is 4.90 Å². The van der Waals surface area contributed by atoms with Crippen LogP contribution in [0.25, 0.3) is 0 Å². The molecule has 0 aliphatic heterocycles. The van der Waals surface area contributed by atoms with Crippen molar-refractivity contribution in [2.75, 3.05) is 0 Å². The summed E-state index contributed by atoms with van der Waals surface area (Å²) >= 11 is 0. The fourth-order valence-corrected chi connectivity index (χ4v) is 4.62. The Kier molecular flexibility index (Phi) is 8.09. The standard InChI is InChI=1S/C26H37NO3S/c1-19(2)27(20(3)4)25(28)24-16-14-22(15-17-24)9-8-21-10-12-23(13-11-21)18-31(29,30)26(5,6)7/h10-17,19-20H,8-9,18H2,1-7H3. The Morgan fingerprint density at radius 1 is 0.774 bits per heavy atom. The van der Waals surface area contributed by atoms with Gasteiger partial charge in [0, 0.05) is 17.6 Å². The van der Waals surface area contributed by atoms with E-state index in [-0.39, 0.29) is 23.7 Å². The van der Waals surface area contributed by atoms with Gasteiger partial charge >= 0.3 is 0 Å². The first-order valence-electron chi connectivity index (χ1n) is 11.0. The van der Waals surface area contributed by atoms with Crippen LogP contribution in [0.15, 0.2) is 48.5 Å². The average Bonchev–Trinajstić information content (AvgIpc) is 2.66. The van der Waals surface area contributed by atoms with Crippen LogP contribution in [0.5, 0.6) is 0 Å². The summed E-state index contributed by atoms with van der Waals surface area (Å²) in [4.78, 5) is 14.7. The summed E-state index contributed by atoms with van der Waals surface area (Å²) in [7, 11) is -3.18. The molecule has 31 heavy (non-hydrogen) atoms. The van der Waals surface area contributed by atoms with Crippen molar-refractivity contribution in [3.8, 4) is 0 Å².